The van der Waals surface area contributed by atoms with Crippen molar-refractivity contribution in [3.8, 4) is 0 Å². The number of hydrogen-bond donors (Lipinski definition) is 0. The van der Waals surface area contributed by atoms with Crippen molar-refractivity contribution in [1.82, 2.24) is 4.90 Å². The van der Waals surface area contributed by atoms with Gasteiger partial charge in [-0.3, -0.25) is 4.79 Å². The Morgan fingerprint density at radius 2 is 1.14 bits per heavy atom. The van der Waals surface area contributed by atoms with Gasteiger partial charge in [-0.05, 0) is 64.5 Å². The summed E-state index contributed by atoms with van der Waals surface area (Å²) in [4.78, 5) is 13.8. The van der Waals surface area contributed by atoms with Gasteiger partial charge >= 0.3 is 5.97 Å². The molecule has 0 aromatic carbocycles. The van der Waals surface area contributed by atoms with Gasteiger partial charge in [0.1, 0.15) is 0 Å². The van der Waals surface area contributed by atoms with Gasteiger partial charge in [-0.25, -0.2) is 0 Å². The Morgan fingerprint density at radius 1 is 0.676 bits per heavy atom. The van der Waals surface area contributed by atoms with Crippen molar-refractivity contribution in [2.24, 2.45) is 17.8 Å². The first-order valence-electron chi connectivity index (χ1n) is 16.9. The fraction of sp³-hybridized carbons (Fsp3) is 0.971. The molecule has 0 aromatic rings. The molecule has 1 saturated carbocycles. The van der Waals surface area contributed by atoms with E-state index in [4.69, 9.17) is 4.74 Å². The summed E-state index contributed by atoms with van der Waals surface area (Å²) in [5.74, 6) is 3.00. The molecule has 0 amide bonds. The summed E-state index contributed by atoms with van der Waals surface area (Å²) < 4.78 is 4.99. The van der Waals surface area contributed by atoms with E-state index in [0.717, 1.165) is 24.2 Å². The second-order valence-corrected chi connectivity index (χ2v) is 12.6. The molecule has 1 aliphatic rings. The van der Waals surface area contributed by atoms with Crippen LogP contribution in [0.3, 0.4) is 0 Å². The molecule has 3 nitrogen and oxygen atoms in total. The molecule has 3 heteroatoms. The first-order valence-corrected chi connectivity index (χ1v) is 16.9. The molecule has 0 radical (unpaired) electrons. The summed E-state index contributed by atoms with van der Waals surface area (Å²) >= 11 is 0. The average molecular weight is 522 g/mol. The van der Waals surface area contributed by atoms with Crippen LogP contribution in [-0.2, 0) is 9.53 Å². The van der Waals surface area contributed by atoms with Gasteiger partial charge < -0.3 is 9.64 Å². The minimum Gasteiger partial charge on any atom is -0.466 e. The lowest BCUT2D eigenvalue weighted by Gasteiger charge is -2.21. The normalized spacial score (nSPS) is 17.9. The fourth-order valence-corrected chi connectivity index (χ4v) is 6.24. The highest BCUT2D eigenvalue weighted by Crippen LogP contribution is 2.45. The number of carbonyl (C=O) groups is 1. The van der Waals surface area contributed by atoms with E-state index in [1.807, 2.05) is 6.92 Å². The third-order valence-electron chi connectivity index (χ3n) is 8.61. The molecule has 1 fully saturated rings. The van der Waals surface area contributed by atoms with Crippen LogP contribution in [0.2, 0.25) is 0 Å². The maximum atomic E-state index is 11.3. The summed E-state index contributed by atoms with van der Waals surface area (Å²) in [5.41, 5.74) is 0. The molecule has 3 atom stereocenters. The Balaban J connectivity index is 1.88. The summed E-state index contributed by atoms with van der Waals surface area (Å²) in [6, 6.07) is 0. The maximum Gasteiger partial charge on any atom is 0.305 e. The molecule has 3 unspecified atom stereocenters. The van der Waals surface area contributed by atoms with Crippen LogP contribution < -0.4 is 0 Å². The van der Waals surface area contributed by atoms with E-state index in [0.29, 0.717) is 13.0 Å². The van der Waals surface area contributed by atoms with Crippen LogP contribution in [-0.4, -0.2) is 38.1 Å². The Kier molecular flexibility index (Phi) is 22.8. The zero-order valence-electron chi connectivity index (χ0n) is 25.9. The predicted octanol–water partition coefficient (Wildman–Crippen LogP) is 10.4. The number of esters is 1. The van der Waals surface area contributed by atoms with Crippen molar-refractivity contribution in [3.63, 3.8) is 0 Å². The molecule has 37 heavy (non-hydrogen) atoms. The van der Waals surface area contributed by atoms with Crippen molar-refractivity contribution >= 4 is 5.97 Å². The lowest BCUT2D eigenvalue weighted by molar-refractivity contribution is -0.143. The maximum absolute atomic E-state index is 11.3. The monoisotopic (exact) mass is 522 g/mol. The van der Waals surface area contributed by atoms with E-state index in [2.05, 4.69) is 25.9 Å². The van der Waals surface area contributed by atoms with Crippen LogP contribution in [0.1, 0.15) is 168 Å². The van der Waals surface area contributed by atoms with Crippen molar-refractivity contribution in [2.75, 3.05) is 27.2 Å². The second kappa shape index (κ2) is 24.5. The highest BCUT2D eigenvalue weighted by atomic mass is 16.5. The molecule has 1 rings (SSSR count). The molecule has 0 spiro atoms. The van der Waals surface area contributed by atoms with Gasteiger partial charge in [0.15, 0.2) is 0 Å². The fourth-order valence-electron chi connectivity index (χ4n) is 6.24. The topological polar surface area (TPSA) is 29.5 Å². The lowest BCUT2D eigenvalue weighted by atomic mass is 9.93. The van der Waals surface area contributed by atoms with Gasteiger partial charge in [0.05, 0.1) is 6.61 Å². The first kappa shape index (κ1) is 34.5. The molecule has 0 saturated heterocycles. The summed E-state index contributed by atoms with van der Waals surface area (Å²) in [6.07, 6.45) is 32.9. The minimum atomic E-state index is -0.0222. The van der Waals surface area contributed by atoms with Crippen LogP contribution in [0.15, 0.2) is 0 Å². The predicted molar refractivity (Wildman–Crippen MR) is 162 cm³/mol. The zero-order chi connectivity index (χ0) is 27.0. The zero-order valence-corrected chi connectivity index (χ0v) is 25.9. The van der Waals surface area contributed by atoms with E-state index in [-0.39, 0.29) is 5.97 Å². The number of unbranched alkanes of at least 4 members (excludes halogenated alkanes) is 15. The van der Waals surface area contributed by atoms with Crippen LogP contribution in [0, 0.1) is 17.8 Å². The third kappa shape index (κ3) is 22.0. The van der Waals surface area contributed by atoms with E-state index >= 15 is 0 Å². The van der Waals surface area contributed by atoms with Gasteiger partial charge in [-0.15, -0.1) is 0 Å². The first-order chi connectivity index (χ1) is 18.1. The highest BCUT2D eigenvalue weighted by Gasteiger charge is 2.34. The standard InChI is InChI=1S/C34H67NO2/c1-5-7-8-9-10-14-19-24-31(30-35(3)4)25-20-15-11-12-16-21-26-32-29-33(32)27-22-17-13-18-23-28-34(36)37-6-2/h31-33H,5-30H2,1-4H3. The third-order valence-corrected chi connectivity index (χ3v) is 8.61. The second-order valence-electron chi connectivity index (χ2n) is 12.6. The Bertz CT molecular complexity index is 506. The summed E-state index contributed by atoms with van der Waals surface area (Å²) in [5, 5.41) is 0. The number of ether oxygens (including phenoxy) is 1. The van der Waals surface area contributed by atoms with Crippen LogP contribution in [0.5, 0.6) is 0 Å². The van der Waals surface area contributed by atoms with Crippen LogP contribution >= 0.6 is 0 Å². The molecule has 0 aromatic heterocycles. The van der Waals surface area contributed by atoms with Crippen molar-refractivity contribution < 1.29 is 9.53 Å². The molecule has 220 valence electrons. The number of carbonyl (C=O) groups excluding carboxylic acids is 1. The van der Waals surface area contributed by atoms with E-state index in [9.17, 15) is 4.79 Å². The van der Waals surface area contributed by atoms with Gasteiger partial charge in [-0.1, -0.05) is 129 Å². The molecule has 0 N–H and O–H groups in total. The Hall–Kier alpha value is -0.570. The largest absolute Gasteiger partial charge is 0.466 e. The van der Waals surface area contributed by atoms with E-state index < -0.39 is 0 Å². The molecule has 0 heterocycles. The lowest BCUT2D eigenvalue weighted by Crippen LogP contribution is -2.21. The Morgan fingerprint density at radius 3 is 1.62 bits per heavy atom. The van der Waals surface area contributed by atoms with Gasteiger partial charge in [0, 0.05) is 13.0 Å². The SMILES string of the molecule is CCCCCCCCCC(CCCCCCCCC1CC1CCCCCCCC(=O)OCC)CN(C)C. The van der Waals surface area contributed by atoms with Crippen molar-refractivity contribution in [2.45, 2.75) is 168 Å². The van der Waals surface area contributed by atoms with Crippen LogP contribution in [0.4, 0.5) is 0 Å². The quantitative estimate of drug-likeness (QED) is 0.0757. The molecular formula is C34H67NO2. The van der Waals surface area contributed by atoms with Gasteiger partial charge in [0.25, 0.3) is 0 Å². The molecule has 0 bridgehead atoms. The number of hydrogen-bond acceptors (Lipinski definition) is 3. The highest BCUT2D eigenvalue weighted by molar-refractivity contribution is 5.69. The van der Waals surface area contributed by atoms with Gasteiger partial charge in [0.2, 0.25) is 0 Å². The van der Waals surface area contributed by atoms with Gasteiger partial charge in [-0.2, -0.15) is 0 Å². The number of nitrogens with zero attached hydrogens (tertiary/aromatic N) is 1. The van der Waals surface area contributed by atoms with Crippen molar-refractivity contribution in [1.29, 1.82) is 0 Å². The van der Waals surface area contributed by atoms with Crippen molar-refractivity contribution in [3.05, 3.63) is 0 Å². The van der Waals surface area contributed by atoms with Crippen LogP contribution in [0.25, 0.3) is 0 Å². The minimum absolute atomic E-state index is 0.0222. The van der Waals surface area contributed by atoms with E-state index in [1.165, 1.54) is 148 Å². The average Bonchev–Trinajstić information content (AvgIpc) is 3.62. The Labute approximate surface area is 233 Å². The molecule has 0 aliphatic heterocycles. The number of rotatable bonds is 28. The summed E-state index contributed by atoms with van der Waals surface area (Å²) in [7, 11) is 4.50. The summed E-state index contributed by atoms with van der Waals surface area (Å²) in [6.45, 7) is 5.98. The van der Waals surface area contributed by atoms with E-state index in [1.54, 1.807) is 0 Å². The molecular weight excluding hydrogens is 454 g/mol. The molecule has 1 aliphatic carbocycles. The smallest absolute Gasteiger partial charge is 0.305 e.